The van der Waals surface area contributed by atoms with Crippen molar-refractivity contribution in [3.8, 4) is 0 Å². The van der Waals surface area contributed by atoms with Crippen molar-refractivity contribution in [2.24, 2.45) is 5.73 Å². The molecule has 4 N–H and O–H groups in total. The van der Waals surface area contributed by atoms with Gasteiger partial charge in [-0.3, -0.25) is 14.4 Å². The topological polar surface area (TPSA) is 122 Å². The highest BCUT2D eigenvalue weighted by Crippen LogP contribution is 2.29. The number of nitrogens with zero attached hydrogens (tertiary/aromatic N) is 1. The first kappa shape index (κ1) is 22.0. The molecule has 1 aliphatic heterocycles. The van der Waals surface area contributed by atoms with Gasteiger partial charge in [0, 0.05) is 30.8 Å². The van der Waals surface area contributed by atoms with E-state index in [9.17, 15) is 19.2 Å². The van der Waals surface area contributed by atoms with Crippen molar-refractivity contribution in [2.45, 2.75) is 45.8 Å². The molecular weight excluding hydrogens is 396 g/mol. The smallest absolute Gasteiger partial charge is 0.319 e. The average molecular weight is 422 g/mol. The number of benzene rings is 2. The lowest BCUT2D eigenvalue weighted by Gasteiger charge is -2.25. The van der Waals surface area contributed by atoms with E-state index in [-0.39, 0.29) is 43.7 Å². The second-order valence-electron chi connectivity index (χ2n) is 7.68. The molecule has 1 unspecified atom stereocenters. The Bertz CT molecular complexity index is 1030. The number of urea groups is 1. The molecule has 31 heavy (non-hydrogen) atoms. The highest BCUT2D eigenvalue weighted by atomic mass is 16.2. The maximum Gasteiger partial charge on any atom is 0.319 e. The number of nitrogens with one attached hydrogen (secondary N) is 2. The summed E-state index contributed by atoms with van der Waals surface area (Å²) < 4.78 is 0. The molecule has 8 nitrogen and oxygen atoms in total. The Morgan fingerprint density at radius 1 is 1.16 bits per heavy atom. The molecule has 0 aromatic heterocycles. The predicted octanol–water partition coefficient (Wildman–Crippen LogP) is 2.50. The summed E-state index contributed by atoms with van der Waals surface area (Å²) in [5.41, 5.74) is 9.01. The van der Waals surface area contributed by atoms with Crippen molar-refractivity contribution in [2.75, 3.05) is 5.32 Å². The van der Waals surface area contributed by atoms with Crippen LogP contribution in [0.1, 0.15) is 46.8 Å². The van der Waals surface area contributed by atoms with Gasteiger partial charge in [0.1, 0.15) is 0 Å². The fraction of sp³-hybridized carbons (Fsp3) is 0.304. The molecule has 0 saturated heterocycles. The van der Waals surface area contributed by atoms with Crippen LogP contribution in [0.5, 0.6) is 0 Å². The maximum atomic E-state index is 12.9. The van der Waals surface area contributed by atoms with E-state index in [1.54, 1.807) is 18.2 Å². The van der Waals surface area contributed by atoms with Gasteiger partial charge in [0.25, 0.3) is 5.91 Å². The van der Waals surface area contributed by atoms with Gasteiger partial charge in [0.05, 0.1) is 6.04 Å². The minimum Gasteiger partial charge on any atom is -0.370 e. The van der Waals surface area contributed by atoms with Crippen LogP contribution >= 0.6 is 0 Å². The Morgan fingerprint density at radius 3 is 2.58 bits per heavy atom. The van der Waals surface area contributed by atoms with E-state index in [0.29, 0.717) is 11.3 Å². The third kappa shape index (κ3) is 5.28. The fourth-order valence-corrected chi connectivity index (χ4v) is 3.77. The van der Waals surface area contributed by atoms with Gasteiger partial charge in [-0.2, -0.15) is 0 Å². The Morgan fingerprint density at radius 2 is 1.90 bits per heavy atom. The van der Waals surface area contributed by atoms with Crippen molar-refractivity contribution in [1.82, 2.24) is 10.2 Å². The van der Waals surface area contributed by atoms with Crippen molar-refractivity contribution < 1.29 is 19.2 Å². The van der Waals surface area contributed by atoms with Gasteiger partial charge in [-0.1, -0.05) is 24.3 Å². The van der Waals surface area contributed by atoms with Crippen LogP contribution in [-0.4, -0.2) is 34.6 Å². The highest BCUT2D eigenvalue weighted by Gasteiger charge is 2.35. The zero-order valence-electron chi connectivity index (χ0n) is 17.6. The van der Waals surface area contributed by atoms with Gasteiger partial charge in [0.15, 0.2) is 5.78 Å². The number of fused-ring (bicyclic) bond motifs is 1. The van der Waals surface area contributed by atoms with Crippen molar-refractivity contribution in [3.05, 3.63) is 64.7 Å². The number of ketones is 1. The van der Waals surface area contributed by atoms with E-state index >= 15 is 0 Å². The van der Waals surface area contributed by atoms with Crippen LogP contribution in [0.2, 0.25) is 0 Å². The van der Waals surface area contributed by atoms with Gasteiger partial charge >= 0.3 is 6.03 Å². The molecule has 8 heteroatoms. The summed E-state index contributed by atoms with van der Waals surface area (Å²) in [5, 5.41) is 5.59. The lowest BCUT2D eigenvalue weighted by molar-refractivity contribution is -0.122. The molecule has 4 amide bonds. The van der Waals surface area contributed by atoms with Gasteiger partial charge in [-0.05, 0) is 55.2 Å². The Kier molecular flexibility index (Phi) is 6.69. The van der Waals surface area contributed by atoms with Gasteiger partial charge < -0.3 is 21.3 Å². The van der Waals surface area contributed by atoms with Crippen LogP contribution in [0.3, 0.4) is 0 Å². The Balaban J connectivity index is 1.70. The summed E-state index contributed by atoms with van der Waals surface area (Å²) in [6, 6.07) is 11.7. The summed E-state index contributed by atoms with van der Waals surface area (Å²) in [6.45, 7) is 3.82. The lowest BCUT2D eigenvalue weighted by Crippen LogP contribution is -2.41. The second kappa shape index (κ2) is 9.42. The second-order valence-corrected chi connectivity index (χ2v) is 7.68. The molecular formula is C23H26N4O4. The fourth-order valence-electron chi connectivity index (χ4n) is 3.77. The number of amides is 4. The molecule has 0 spiro atoms. The number of rotatable bonds is 8. The van der Waals surface area contributed by atoms with E-state index in [2.05, 4.69) is 10.6 Å². The van der Waals surface area contributed by atoms with Crippen LogP contribution in [0.15, 0.2) is 42.5 Å². The minimum absolute atomic E-state index is 0.0257. The summed E-state index contributed by atoms with van der Waals surface area (Å²) in [5.74, 6) is -0.967. The molecule has 0 saturated carbocycles. The zero-order chi connectivity index (χ0) is 22.5. The summed E-state index contributed by atoms with van der Waals surface area (Å²) in [7, 11) is 0. The third-order valence-corrected chi connectivity index (χ3v) is 5.32. The normalized spacial score (nSPS) is 13.5. The monoisotopic (exact) mass is 422 g/mol. The highest BCUT2D eigenvalue weighted by molar-refractivity contribution is 6.01. The molecule has 2 aromatic carbocycles. The number of primary amides is 1. The number of carbonyl (C=O) groups is 4. The number of carbonyl (C=O) groups excluding carboxylic acids is 4. The number of aryl methyl sites for hydroxylation is 1. The van der Waals surface area contributed by atoms with E-state index < -0.39 is 11.9 Å². The SMILES string of the molecule is CC(=O)C(CCC(N)=O)N1Cc2c(CNC(=O)Nc3cccc(C)c3)cccc2C1=O. The van der Waals surface area contributed by atoms with Crippen LogP contribution in [0, 0.1) is 6.92 Å². The van der Waals surface area contributed by atoms with Gasteiger partial charge in [0.2, 0.25) is 5.91 Å². The molecule has 0 aliphatic carbocycles. The van der Waals surface area contributed by atoms with E-state index in [0.717, 1.165) is 16.7 Å². The molecule has 3 rings (SSSR count). The lowest BCUT2D eigenvalue weighted by atomic mass is 10.0. The number of nitrogens with two attached hydrogens (primary N) is 1. The third-order valence-electron chi connectivity index (χ3n) is 5.32. The van der Waals surface area contributed by atoms with Crippen LogP contribution in [0.25, 0.3) is 0 Å². The first-order chi connectivity index (χ1) is 14.8. The molecule has 1 heterocycles. The summed E-state index contributed by atoms with van der Waals surface area (Å²) in [4.78, 5) is 50.0. The number of hydrogen-bond acceptors (Lipinski definition) is 4. The van der Waals surface area contributed by atoms with Crippen LogP contribution in [0.4, 0.5) is 10.5 Å². The predicted molar refractivity (Wildman–Crippen MR) is 116 cm³/mol. The molecule has 162 valence electrons. The van der Waals surface area contributed by atoms with Crippen molar-refractivity contribution in [1.29, 1.82) is 0 Å². The minimum atomic E-state index is -0.710. The van der Waals surface area contributed by atoms with Crippen molar-refractivity contribution in [3.63, 3.8) is 0 Å². The molecule has 1 aliphatic rings. The summed E-state index contributed by atoms with van der Waals surface area (Å²) >= 11 is 0. The standard InChI is InChI=1S/C23H26N4O4/c1-14-5-3-7-17(11-14)26-23(31)25-12-16-6-4-8-18-19(16)13-27(22(18)30)20(15(2)28)9-10-21(24)29/h3-8,11,20H,9-10,12-13H2,1-2H3,(H2,24,29)(H2,25,26,31). The first-order valence-electron chi connectivity index (χ1n) is 10.1. The average Bonchev–Trinajstić information content (AvgIpc) is 3.03. The molecule has 1 atom stereocenters. The van der Waals surface area contributed by atoms with E-state index in [1.807, 2.05) is 31.2 Å². The van der Waals surface area contributed by atoms with Crippen molar-refractivity contribution >= 4 is 29.3 Å². The Hall–Kier alpha value is -3.68. The summed E-state index contributed by atoms with van der Waals surface area (Å²) in [6.07, 6.45) is 0.217. The zero-order valence-corrected chi connectivity index (χ0v) is 17.6. The van der Waals surface area contributed by atoms with Gasteiger partial charge in [-0.25, -0.2) is 4.79 Å². The quantitative estimate of drug-likeness (QED) is 0.605. The first-order valence-corrected chi connectivity index (χ1v) is 10.1. The number of hydrogen-bond donors (Lipinski definition) is 3. The molecule has 0 bridgehead atoms. The molecule has 2 aromatic rings. The molecule has 0 radical (unpaired) electrons. The van der Waals surface area contributed by atoms with Crippen LogP contribution < -0.4 is 16.4 Å². The van der Waals surface area contributed by atoms with E-state index in [1.165, 1.54) is 11.8 Å². The maximum absolute atomic E-state index is 12.9. The van der Waals surface area contributed by atoms with Gasteiger partial charge in [-0.15, -0.1) is 0 Å². The number of anilines is 1. The van der Waals surface area contributed by atoms with Crippen LogP contribution in [-0.2, 0) is 22.7 Å². The molecule has 0 fully saturated rings. The van der Waals surface area contributed by atoms with E-state index in [4.69, 9.17) is 5.73 Å². The largest absolute Gasteiger partial charge is 0.370 e. The number of Topliss-reactive ketones (excluding diaryl/α,β-unsaturated/α-hetero) is 1. The Labute approximate surface area is 180 Å².